The van der Waals surface area contributed by atoms with Crippen molar-refractivity contribution in [3.05, 3.63) is 63.6 Å². The molecule has 0 aliphatic carbocycles. The first-order valence-corrected chi connectivity index (χ1v) is 11.9. The Hall–Kier alpha value is -2.31. The number of alkyl halides is 3. The van der Waals surface area contributed by atoms with Gasteiger partial charge in [-0.2, -0.15) is 13.2 Å². The van der Waals surface area contributed by atoms with Gasteiger partial charge in [0.15, 0.2) is 0 Å². The quantitative estimate of drug-likeness (QED) is 0.445. The number of hydrogen-bond acceptors (Lipinski definition) is 3. The molecule has 4 nitrogen and oxygen atoms in total. The van der Waals surface area contributed by atoms with Gasteiger partial charge in [0.25, 0.3) is 6.71 Å². The van der Waals surface area contributed by atoms with E-state index in [1.807, 2.05) is 43.0 Å². The maximum atomic E-state index is 13.7. The number of aryl methyl sites for hydroxylation is 1. The average Bonchev–Trinajstić information content (AvgIpc) is 2.81. The van der Waals surface area contributed by atoms with Crippen LogP contribution in [0.15, 0.2) is 46.9 Å². The van der Waals surface area contributed by atoms with Gasteiger partial charge < -0.3 is 10.2 Å². The highest BCUT2D eigenvalue weighted by Gasteiger charge is 2.34. The van der Waals surface area contributed by atoms with Crippen LogP contribution in [0.5, 0.6) is 0 Å². The summed E-state index contributed by atoms with van der Waals surface area (Å²) in [6.45, 7) is 5.35. The summed E-state index contributed by atoms with van der Waals surface area (Å²) in [5, 5.41) is 11.6. The third-order valence-electron chi connectivity index (χ3n) is 5.42. The molecule has 2 aromatic rings. The largest absolute Gasteiger partial charge is 0.416 e. The number of halogens is 4. The number of carbonyl (C=O) groups is 1. The first-order valence-electron chi connectivity index (χ1n) is 11.1. The summed E-state index contributed by atoms with van der Waals surface area (Å²) in [6.07, 6.45) is -2.49. The number of anilines is 1. The number of rotatable bonds is 6. The van der Waals surface area contributed by atoms with Crippen LogP contribution >= 0.6 is 15.9 Å². The second-order valence-corrected chi connectivity index (χ2v) is 8.64. The lowest BCUT2D eigenvalue weighted by Crippen LogP contribution is -2.36. The van der Waals surface area contributed by atoms with E-state index in [9.17, 15) is 18.0 Å². The molecule has 0 radical (unpaired) electrons. The van der Waals surface area contributed by atoms with E-state index in [1.54, 1.807) is 0 Å². The maximum Gasteiger partial charge on any atom is 0.416 e. The van der Waals surface area contributed by atoms with Gasteiger partial charge >= 0.3 is 6.18 Å². The molecule has 2 aromatic carbocycles. The van der Waals surface area contributed by atoms with Crippen LogP contribution in [0.1, 0.15) is 37.0 Å². The molecule has 1 aliphatic rings. The smallest absolute Gasteiger partial charge is 0.326 e. The van der Waals surface area contributed by atoms with Gasteiger partial charge in [0.2, 0.25) is 5.91 Å². The maximum absolute atomic E-state index is 13.7. The highest BCUT2D eigenvalue weighted by atomic mass is 79.9. The second-order valence-electron chi connectivity index (χ2n) is 7.72. The highest BCUT2D eigenvalue weighted by molar-refractivity contribution is 9.10. The molecule has 1 heterocycles. The predicted molar refractivity (Wildman–Crippen MR) is 130 cm³/mol. The lowest BCUT2D eigenvalue weighted by Gasteiger charge is -2.29. The molecule has 1 saturated heterocycles. The SMILES string of the molecule is CC.N#CB1CCN(Cc2ccc(NC(=O)CCc3ccc(Br)cc3)cc2C(F)(F)F)CC1. The van der Waals surface area contributed by atoms with E-state index in [2.05, 4.69) is 27.2 Å². The van der Waals surface area contributed by atoms with E-state index < -0.39 is 11.7 Å². The molecule has 1 fully saturated rings. The number of benzene rings is 2. The van der Waals surface area contributed by atoms with Crippen LogP contribution in [0.2, 0.25) is 12.6 Å². The minimum atomic E-state index is -4.52. The second kappa shape index (κ2) is 12.8. The average molecular weight is 522 g/mol. The molecule has 9 heteroatoms. The van der Waals surface area contributed by atoms with Crippen molar-refractivity contribution in [3.8, 4) is 5.97 Å². The van der Waals surface area contributed by atoms with Gasteiger partial charge in [-0.25, -0.2) is 5.26 Å². The van der Waals surface area contributed by atoms with Crippen molar-refractivity contribution in [1.29, 1.82) is 5.26 Å². The molecule has 0 aromatic heterocycles. The monoisotopic (exact) mass is 521 g/mol. The van der Waals surface area contributed by atoms with Crippen molar-refractivity contribution < 1.29 is 18.0 Å². The van der Waals surface area contributed by atoms with Crippen LogP contribution in [0.25, 0.3) is 0 Å². The number of carbonyl (C=O) groups excluding carboxylic acids is 1. The summed E-state index contributed by atoms with van der Waals surface area (Å²) in [5.74, 6) is 1.89. The molecule has 1 amide bonds. The van der Waals surface area contributed by atoms with E-state index in [0.717, 1.165) is 16.1 Å². The first-order chi connectivity index (χ1) is 15.7. The molecule has 0 unspecified atom stereocenters. The van der Waals surface area contributed by atoms with E-state index in [-0.39, 0.29) is 36.8 Å². The Kier molecular flexibility index (Phi) is 10.5. The van der Waals surface area contributed by atoms with Gasteiger partial charge in [-0.3, -0.25) is 4.79 Å². The molecular formula is C24H28BBrF3N3O. The summed E-state index contributed by atoms with van der Waals surface area (Å²) in [4.78, 5) is 14.2. The fourth-order valence-electron chi connectivity index (χ4n) is 3.65. The van der Waals surface area contributed by atoms with Crippen LogP contribution < -0.4 is 5.32 Å². The van der Waals surface area contributed by atoms with Crippen LogP contribution in [-0.4, -0.2) is 30.6 Å². The summed E-state index contributed by atoms with van der Waals surface area (Å²) >= 11 is 3.35. The van der Waals surface area contributed by atoms with Crippen LogP contribution in [0, 0.1) is 11.2 Å². The van der Waals surface area contributed by atoms with Gasteiger partial charge in [0, 0.05) is 29.1 Å². The van der Waals surface area contributed by atoms with Crippen LogP contribution in [0.3, 0.4) is 0 Å². The Balaban J connectivity index is 0.00000187. The summed E-state index contributed by atoms with van der Waals surface area (Å²) in [5.41, 5.74) is 0.557. The zero-order valence-corrected chi connectivity index (χ0v) is 20.5. The molecule has 0 spiro atoms. The van der Waals surface area contributed by atoms with Gasteiger partial charge in [-0.05, 0) is 67.5 Å². The Morgan fingerprint density at radius 1 is 1.15 bits per heavy atom. The molecule has 176 valence electrons. The van der Waals surface area contributed by atoms with Gasteiger partial charge in [0.1, 0.15) is 0 Å². The van der Waals surface area contributed by atoms with E-state index in [1.165, 1.54) is 12.1 Å². The van der Waals surface area contributed by atoms with E-state index in [4.69, 9.17) is 5.26 Å². The third-order valence-corrected chi connectivity index (χ3v) is 5.95. The third kappa shape index (κ3) is 8.52. The number of amides is 1. The van der Waals surface area contributed by atoms with E-state index >= 15 is 0 Å². The van der Waals surface area contributed by atoms with Crippen LogP contribution in [-0.2, 0) is 23.9 Å². The van der Waals surface area contributed by atoms with Crippen molar-refractivity contribution in [2.24, 2.45) is 0 Å². The zero-order chi connectivity index (χ0) is 24.4. The summed E-state index contributed by atoms with van der Waals surface area (Å²) in [7, 11) is 0. The van der Waals surface area contributed by atoms with Gasteiger partial charge in [0.05, 0.1) is 5.56 Å². The van der Waals surface area contributed by atoms with Crippen molar-refractivity contribution in [1.82, 2.24) is 4.90 Å². The molecule has 0 saturated carbocycles. The molecule has 33 heavy (non-hydrogen) atoms. The Morgan fingerprint density at radius 3 is 2.36 bits per heavy atom. The molecule has 0 atom stereocenters. The molecular weight excluding hydrogens is 494 g/mol. The number of nitrogens with one attached hydrogen (secondary N) is 1. The minimum absolute atomic E-state index is 0.0201. The van der Waals surface area contributed by atoms with Crippen molar-refractivity contribution in [2.75, 3.05) is 18.4 Å². The Bertz CT molecular complexity index is 953. The fraction of sp³-hybridized carbons (Fsp3) is 0.417. The Morgan fingerprint density at radius 2 is 1.79 bits per heavy atom. The number of nitriles is 1. The number of hydrogen-bond donors (Lipinski definition) is 1. The normalized spacial score (nSPS) is 14.2. The molecule has 1 N–H and O–H groups in total. The first kappa shape index (κ1) is 26.9. The lowest BCUT2D eigenvalue weighted by atomic mass is 9.45. The lowest BCUT2D eigenvalue weighted by molar-refractivity contribution is -0.138. The van der Waals surface area contributed by atoms with E-state index in [0.29, 0.717) is 32.2 Å². The molecule has 0 bridgehead atoms. The zero-order valence-electron chi connectivity index (χ0n) is 18.9. The van der Waals surface area contributed by atoms with Gasteiger partial charge in [-0.1, -0.05) is 48.0 Å². The fourth-order valence-corrected chi connectivity index (χ4v) is 3.91. The molecule has 3 rings (SSSR count). The molecule has 1 aliphatic heterocycles. The topological polar surface area (TPSA) is 56.1 Å². The standard InChI is InChI=1S/C22H22BBrF3N3O.C2H6/c24-18-5-1-16(2-6-18)3-8-21(31)29-19-7-4-17(20(13-19)22(25,26)27)14-30-11-9-23(15-28)10-12-30;1-2/h1-2,4-7,13H,3,8-12,14H2,(H,29,31);1-2H3. The summed E-state index contributed by atoms with van der Waals surface area (Å²) < 4.78 is 41.9. The highest BCUT2D eigenvalue weighted by Crippen LogP contribution is 2.35. The minimum Gasteiger partial charge on any atom is -0.326 e. The Labute approximate surface area is 202 Å². The summed E-state index contributed by atoms with van der Waals surface area (Å²) in [6, 6.07) is 11.5. The van der Waals surface area contributed by atoms with Gasteiger partial charge in [-0.15, -0.1) is 0 Å². The van der Waals surface area contributed by atoms with Crippen molar-refractivity contribution >= 4 is 34.2 Å². The van der Waals surface area contributed by atoms with Crippen molar-refractivity contribution in [2.45, 2.75) is 52.1 Å². The van der Waals surface area contributed by atoms with Crippen LogP contribution in [0.4, 0.5) is 18.9 Å². The van der Waals surface area contributed by atoms with Crippen molar-refractivity contribution in [3.63, 3.8) is 0 Å². The number of nitrogens with zero attached hydrogens (tertiary/aromatic N) is 2. The predicted octanol–water partition coefficient (Wildman–Crippen LogP) is 6.44.